The first-order chi connectivity index (χ1) is 5.90. The topological polar surface area (TPSA) is 22.1 Å². The van der Waals surface area contributed by atoms with Gasteiger partial charge in [-0.05, 0) is 0 Å². The standard InChI is InChI=1S/C9H7NO.Ti/c11-9-6-5-7-3-1-2-4-8(7)10-9;/h1-6H,(H,10,11);/q;+1/p-1. The number of para-hydroxylation sites is 1. The Balaban J connectivity index is 2.67. The Kier molecular flexibility index (Phi) is 2.11. The van der Waals surface area contributed by atoms with E-state index in [1.807, 2.05) is 36.4 Å². The quantitative estimate of drug-likeness (QED) is 0.645. The first-order valence-electron chi connectivity index (χ1n) is 3.59. The summed E-state index contributed by atoms with van der Waals surface area (Å²) >= 11 is 1.62. The van der Waals surface area contributed by atoms with Crippen LogP contribution >= 0.6 is 0 Å². The van der Waals surface area contributed by atoms with Crippen molar-refractivity contribution in [1.29, 1.82) is 0 Å². The van der Waals surface area contributed by atoms with Crippen LogP contribution in [0.3, 0.4) is 0 Å². The van der Waals surface area contributed by atoms with Crippen LogP contribution in [0.1, 0.15) is 0 Å². The number of benzene rings is 1. The summed E-state index contributed by atoms with van der Waals surface area (Å²) in [6.07, 6.45) is 0. The Morgan fingerprint density at radius 3 is 2.75 bits per heavy atom. The van der Waals surface area contributed by atoms with Gasteiger partial charge in [-0.3, -0.25) is 0 Å². The van der Waals surface area contributed by atoms with E-state index in [-0.39, 0.29) is 0 Å². The van der Waals surface area contributed by atoms with Crippen LogP contribution in [0, 0.1) is 0 Å². The SMILES string of the molecule is [Ti][O]c1ccc2ccccc2n1. The van der Waals surface area contributed by atoms with Crippen molar-refractivity contribution >= 4 is 10.9 Å². The molecular formula is C9H6NOTi. The monoisotopic (exact) mass is 192 g/mol. The van der Waals surface area contributed by atoms with Gasteiger partial charge in [-0.15, -0.1) is 0 Å². The second-order valence-electron chi connectivity index (χ2n) is 2.44. The summed E-state index contributed by atoms with van der Waals surface area (Å²) < 4.78 is 5.01. The van der Waals surface area contributed by atoms with Crippen molar-refractivity contribution in [3.63, 3.8) is 0 Å². The summed E-state index contributed by atoms with van der Waals surface area (Å²) in [6, 6.07) is 11.8. The van der Waals surface area contributed by atoms with Crippen molar-refractivity contribution in [3.05, 3.63) is 36.4 Å². The number of hydrogen-bond donors (Lipinski definition) is 0. The third-order valence-electron chi connectivity index (χ3n) is 1.68. The number of rotatable bonds is 1. The van der Waals surface area contributed by atoms with Gasteiger partial charge < -0.3 is 0 Å². The third-order valence-corrected chi connectivity index (χ3v) is 2.00. The molecule has 1 aromatic heterocycles. The summed E-state index contributed by atoms with van der Waals surface area (Å²) in [5.74, 6) is 0.661. The van der Waals surface area contributed by atoms with Gasteiger partial charge >= 0.3 is 82.3 Å². The summed E-state index contributed by atoms with van der Waals surface area (Å²) in [7, 11) is 0. The fourth-order valence-electron chi connectivity index (χ4n) is 1.10. The predicted molar refractivity (Wildman–Crippen MR) is 42.4 cm³/mol. The van der Waals surface area contributed by atoms with Gasteiger partial charge in [-0.25, -0.2) is 0 Å². The van der Waals surface area contributed by atoms with Crippen molar-refractivity contribution in [2.75, 3.05) is 0 Å². The molecule has 0 amide bonds. The number of nitrogens with zero attached hydrogens (tertiary/aromatic N) is 1. The fraction of sp³-hybridized carbons (Fsp3) is 0. The van der Waals surface area contributed by atoms with Crippen molar-refractivity contribution in [1.82, 2.24) is 4.98 Å². The predicted octanol–water partition coefficient (Wildman–Crippen LogP) is 2.08. The molecule has 0 bridgehead atoms. The van der Waals surface area contributed by atoms with E-state index in [1.54, 1.807) is 20.8 Å². The number of aromatic nitrogens is 1. The Morgan fingerprint density at radius 2 is 1.92 bits per heavy atom. The zero-order valence-electron chi connectivity index (χ0n) is 6.32. The van der Waals surface area contributed by atoms with Crippen molar-refractivity contribution in [3.8, 4) is 5.88 Å². The fourth-order valence-corrected chi connectivity index (χ4v) is 1.28. The summed E-state index contributed by atoms with van der Waals surface area (Å²) in [4.78, 5) is 4.27. The van der Waals surface area contributed by atoms with E-state index in [4.69, 9.17) is 3.32 Å². The summed E-state index contributed by atoms with van der Waals surface area (Å²) in [5.41, 5.74) is 0.969. The van der Waals surface area contributed by atoms with Crippen LogP contribution in [-0.2, 0) is 20.8 Å². The van der Waals surface area contributed by atoms with Gasteiger partial charge in [-0.2, -0.15) is 0 Å². The Hall–Kier alpha value is -0.856. The van der Waals surface area contributed by atoms with E-state index in [1.165, 1.54) is 0 Å². The van der Waals surface area contributed by atoms with Crippen LogP contribution in [0.25, 0.3) is 10.9 Å². The van der Waals surface area contributed by atoms with Crippen molar-refractivity contribution in [2.24, 2.45) is 0 Å². The van der Waals surface area contributed by atoms with Gasteiger partial charge in [0.25, 0.3) is 0 Å². The Labute approximate surface area is 82.5 Å². The van der Waals surface area contributed by atoms with E-state index in [2.05, 4.69) is 4.98 Å². The molecule has 2 aromatic rings. The zero-order chi connectivity index (χ0) is 8.39. The zero-order valence-corrected chi connectivity index (χ0v) is 7.88. The van der Waals surface area contributed by atoms with E-state index in [9.17, 15) is 0 Å². The average Bonchev–Trinajstić information content (AvgIpc) is 2.17. The van der Waals surface area contributed by atoms with E-state index < -0.39 is 0 Å². The minimum absolute atomic E-state index is 0.661. The molecule has 0 saturated carbocycles. The third kappa shape index (κ3) is 1.36. The van der Waals surface area contributed by atoms with Crippen LogP contribution in [0.5, 0.6) is 5.88 Å². The van der Waals surface area contributed by atoms with Crippen LogP contribution < -0.4 is 3.32 Å². The van der Waals surface area contributed by atoms with E-state index in [0.29, 0.717) is 5.88 Å². The molecule has 0 aliphatic heterocycles. The molecule has 57 valence electrons. The van der Waals surface area contributed by atoms with Crippen LogP contribution in [0.15, 0.2) is 36.4 Å². The second-order valence-corrected chi connectivity index (χ2v) is 2.76. The van der Waals surface area contributed by atoms with Gasteiger partial charge in [0, 0.05) is 0 Å². The molecule has 0 spiro atoms. The Morgan fingerprint density at radius 1 is 1.08 bits per heavy atom. The molecule has 0 N–H and O–H groups in total. The molecule has 12 heavy (non-hydrogen) atoms. The minimum atomic E-state index is 0.661. The Bertz CT molecular complexity index is 402. The van der Waals surface area contributed by atoms with E-state index in [0.717, 1.165) is 10.9 Å². The average molecular weight is 192 g/mol. The number of pyridine rings is 1. The molecular weight excluding hydrogens is 186 g/mol. The first kappa shape index (κ1) is 7.78. The molecule has 0 atom stereocenters. The summed E-state index contributed by atoms with van der Waals surface area (Å²) in [5, 5.41) is 1.14. The van der Waals surface area contributed by atoms with Gasteiger partial charge in [-0.1, -0.05) is 0 Å². The maximum absolute atomic E-state index is 5.01. The van der Waals surface area contributed by atoms with Crippen molar-refractivity contribution < 1.29 is 24.1 Å². The van der Waals surface area contributed by atoms with Gasteiger partial charge in [0.15, 0.2) is 0 Å². The number of fused-ring (bicyclic) bond motifs is 1. The van der Waals surface area contributed by atoms with Gasteiger partial charge in [0.2, 0.25) is 0 Å². The molecule has 2 rings (SSSR count). The first-order valence-corrected chi connectivity index (χ1v) is 4.23. The normalized spacial score (nSPS) is 9.92. The van der Waals surface area contributed by atoms with Gasteiger partial charge in [0.1, 0.15) is 0 Å². The van der Waals surface area contributed by atoms with Crippen LogP contribution in [-0.4, -0.2) is 4.98 Å². The van der Waals surface area contributed by atoms with Gasteiger partial charge in [0.05, 0.1) is 0 Å². The molecule has 0 radical (unpaired) electrons. The molecule has 2 nitrogen and oxygen atoms in total. The molecule has 0 saturated heterocycles. The van der Waals surface area contributed by atoms with Crippen LogP contribution in [0.4, 0.5) is 0 Å². The second kappa shape index (κ2) is 3.25. The molecule has 0 aliphatic rings. The molecule has 0 fully saturated rings. The molecule has 3 heteroatoms. The molecule has 1 heterocycles. The molecule has 1 aromatic carbocycles. The van der Waals surface area contributed by atoms with Crippen molar-refractivity contribution in [2.45, 2.75) is 0 Å². The number of hydrogen-bond acceptors (Lipinski definition) is 2. The molecule has 0 aliphatic carbocycles. The van der Waals surface area contributed by atoms with E-state index >= 15 is 0 Å². The molecule has 0 unspecified atom stereocenters. The van der Waals surface area contributed by atoms with Crippen LogP contribution in [0.2, 0.25) is 0 Å². The maximum atomic E-state index is 5.01. The summed E-state index contributed by atoms with van der Waals surface area (Å²) in [6.45, 7) is 0.